The fourth-order valence-electron chi connectivity index (χ4n) is 6.39. The van der Waals surface area contributed by atoms with Crippen molar-refractivity contribution in [1.29, 1.82) is 0 Å². The van der Waals surface area contributed by atoms with Crippen LogP contribution in [0.1, 0.15) is 0 Å². The molecule has 0 aliphatic heterocycles. The number of aromatic nitrogens is 1. The van der Waals surface area contributed by atoms with Gasteiger partial charge in [0, 0.05) is 42.8 Å². The topological polar surface area (TPSA) is 16.1 Å². The van der Waals surface area contributed by atoms with Gasteiger partial charge in [-0.1, -0.05) is 115 Å². The minimum absolute atomic E-state index is 1.05. The molecular weight excluding hydrogens is 609 g/mol. The number of thiazole rings is 1. The molecule has 4 heteroatoms. The smallest absolute Gasteiger partial charge is 0.124 e. The summed E-state index contributed by atoms with van der Waals surface area (Å²) in [6.45, 7) is 0. The molecule has 0 amide bonds. The first-order chi connectivity index (χ1) is 23.3. The van der Waals surface area contributed by atoms with Gasteiger partial charge in [-0.2, -0.15) is 0 Å². The fraction of sp³-hybridized carbons (Fsp3) is 0. The molecule has 0 saturated carbocycles. The Balaban J connectivity index is 1.20. The molecule has 0 fully saturated rings. The number of fused-ring (bicyclic) bond motifs is 5. The van der Waals surface area contributed by atoms with Crippen LogP contribution in [0.4, 0.5) is 17.1 Å². The van der Waals surface area contributed by atoms with Crippen LogP contribution in [0.15, 0.2) is 170 Å². The van der Waals surface area contributed by atoms with Gasteiger partial charge >= 0.3 is 0 Å². The van der Waals surface area contributed by atoms with E-state index in [0.29, 0.717) is 0 Å². The van der Waals surface area contributed by atoms with Crippen LogP contribution in [0.5, 0.6) is 0 Å². The maximum atomic E-state index is 5.05. The van der Waals surface area contributed by atoms with E-state index in [1.807, 2.05) is 11.3 Å². The predicted molar refractivity (Wildman–Crippen MR) is 203 cm³/mol. The zero-order chi connectivity index (χ0) is 31.2. The molecule has 0 N–H and O–H groups in total. The molecule has 0 bridgehead atoms. The zero-order valence-electron chi connectivity index (χ0n) is 25.4. The Labute approximate surface area is 281 Å². The first-order valence-electron chi connectivity index (χ1n) is 15.7. The van der Waals surface area contributed by atoms with Crippen molar-refractivity contribution in [2.45, 2.75) is 0 Å². The molecule has 9 aromatic rings. The molecule has 7 aromatic carbocycles. The van der Waals surface area contributed by atoms with Crippen molar-refractivity contribution < 1.29 is 0 Å². The van der Waals surface area contributed by atoms with E-state index >= 15 is 0 Å². The molecule has 0 radical (unpaired) electrons. The zero-order valence-corrected chi connectivity index (χ0v) is 27.0. The minimum Gasteiger partial charge on any atom is -0.310 e. The number of rotatable bonds is 6. The molecule has 47 heavy (non-hydrogen) atoms. The first-order valence-corrected chi connectivity index (χ1v) is 17.3. The van der Waals surface area contributed by atoms with E-state index in [-0.39, 0.29) is 0 Å². The Bertz CT molecular complexity index is 2400. The SMILES string of the molecule is c1ccc(-c2ccc(N(c3ccc(-c4ccccc4)cc3)c3ccc4sc5ccc6nc(-c7ccccc7)sc6c5c4c3)cc2)cc1. The molecule has 9 rings (SSSR count). The molecular formula is C43H28N2S2. The summed E-state index contributed by atoms with van der Waals surface area (Å²) in [5.41, 5.74) is 10.4. The molecule has 0 aliphatic carbocycles. The normalized spacial score (nSPS) is 11.4. The lowest BCUT2D eigenvalue weighted by molar-refractivity contribution is 1.29. The van der Waals surface area contributed by atoms with E-state index in [2.05, 4.69) is 175 Å². The van der Waals surface area contributed by atoms with Crippen molar-refractivity contribution in [2.24, 2.45) is 0 Å². The van der Waals surface area contributed by atoms with Gasteiger partial charge in [-0.3, -0.25) is 0 Å². The maximum Gasteiger partial charge on any atom is 0.124 e. The van der Waals surface area contributed by atoms with Crippen LogP contribution in [0.25, 0.3) is 63.2 Å². The second-order valence-corrected chi connectivity index (χ2v) is 13.7. The molecule has 2 aromatic heterocycles. The largest absolute Gasteiger partial charge is 0.310 e. The molecule has 0 saturated heterocycles. The van der Waals surface area contributed by atoms with Gasteiger partial charge in [-0.25, -0.2) is 4.98 Å². The third-order valence-corrected chi connectivity index (χ3v) is 11.0. The highest BCUT2D eigenvalue weighted by Crippen LogP contribution is 2.45. The van der Waals surface area contributed by atoms with Crippen LogP contribution in [0, 0.1) is 0 Å². The van der Waals surface area contributed by atoms with Gasteiger partial charge < -0.3 is 4.90 Å². The Morgan fingerprint density at radius 1 is 0.404 bits per heavy atom. The molecule has 0 atom stereocenters. The van der Waals surface area contributed by atoms with Crippen LogP contribution in [-0.4, -0.2) is 4.98 Å². The summed E-state index contributed by atoms with van der Waals surface area (Å²) < 4.78 is 3.82. The number of hydrogen-bond acceptors (Lipinski definition) is 4. The van der Waals surface area contributed by atoms with E-state index in [9.17, 15) is 0 Å². The van der Waals surface area contributed by atoms with Crippen molar-refractivity contribution in [3.05, 3.63) is 170 Å². The summed E-state index contributed by atoms with van der Waals surface area (Å²) in [7, 11) is 0. The summed E-state index contributed by atoms with van der Waals surface area (Å²) in [4.78, 5) is 7.42. The predicted octanol–water partition coefficient (Wildman–Crippen LogP) is 13.1. The van der Waals surface area contributed by atoms with E-state index in [4.69, 9.17) is 4.98 Å². The van der Waals surface area contributed by atoms with E-state index in [0.717, 1.165) is 33.1 Å². The van der Waals surface area contributed by atoms with Crippen LogP contribution >= 0.6 is 22.7 Å². The number of thiophene rings is 1. The van der Waals surface area contributed by atoms with Crippen LogP contribution < -0.4 is 4.90 Å². The van der Waals surface area contributed by atoms with E-state index in [1.165, 1.54) is 47.1 Å². The molecule has 2 nitrogen and oxygen atoms in total. The maximum absolute atomic E-state index is 5.05. The van der Waals surface area contributed by atoms with Crippen molar-refractivity contribution in [1.82, 2.24) is 4.98 Å². The molecule has 2 heterocycles. The second-order valence-electron chi connectivity index (χ2n) is 11.6. The third-order valence-electron chi connectivity index (χ3n) is 8.72. The lowest BCUT2D eigenvalue weighted by Gasteiger charge is -2.26. The molecule has 222 valence electrons. The van der Waals surface area contributed by atoms with Gasteiger partial charge in [0.1, 0.15) is 5.01 Å². The number of benzene rings is 7. The molecule has 0 unspecified atom stereocenters. The Kier molecular flexibility index (Phi) is 6.89. The standard InChI is InChI=1S/C43H28N2S2/c1-4-10-29(11-5-1)31-16-20-34(21-17-31)45(35-22-18-32(19-23-35)30-12-6-2-7-13-30)36-24-26-39-37(28-36)41-40(46-39)27-25-38-42(41)47-43(44-38)33-14-8-3-9-15-33/h1-28H. The average Bonchev–Trinajstić information content (AvgIpc) is 3.75. The molecule has 0 spiro atoms. The highest BCUT2D eigenvalue weighted by molar-refractivity contribution is 7.28. The van der Waals surface area contributed by atoms with Gasteiger partial charge in [0.2, 0.25) is 0 Å². The van der Waals surface area contributed by atoms with Crippen LogP contribution in [0.3, 0.4) is 0 Å². The summed E-state index contributed by atoms with van der Waals surface area (Å²) in [5.74, 6) is 0. The lowest BCUT2D eigenvalue weighted by Crippen LogP contribution is -2.09. The Morgan fingerprint density at radius 3 is 1.47 bits per heavy atom. The van der Waals surface area contributed by atoms with Gasteiger partial charge in [0.25, 0.3) is 0 Å². The Morgan fingerprint density at radius 2 is 0.894 bits per heavy atom. The van der Waals surface area contributed by atoms with Gasteiger partial charge in [-0.15, -0.1) is 22.7 Å². The van der Waals surface area contributed by atoms with Gasteiger partial charge in [0.15, 0.2) is 0 Å². The van der Waals surface area contributed by atoms with Crippen molar-refractivity contribution >= 4 is 70.1 Å². The second kappa shape index (κ2) is 11.7. The number of anilines is 3. The van der Waals surface area contributed by atoms with Gasteiger partial charge in [-0.05, 0) is 76.9 Å². The highest BCUT2D eigenvalue weighted by atomic mass is 32.1. The quantitative estimate of drug-likeness (QED) is 0.181. The van der Waals surface area contributed by atoms with Crippen LogP contribution in [-0.2, 0) is 0 Å². The molecule has 0 aliphatic rings. The van der Waals surface area contributed by atoms with Crippen molar-refractivity contribution in [2.75, 3.05) is 4.90 Å². The Hall–Kier alpha value is -5.55. The summed E-state index contributed by atoms with van der Waals surface area (Å²) in [6.07, 6.45) is 0. The van der Waals surface area contributed by atoms with Crippen LogP contribution in [0.2, 0.25) is 0 Å². The van der Waals surface area contributed by atoms with Crippen molar-refractivity contribution in [3.8, 4) is 32.8 Å². The minimum atomic E-state index is 1.05. The average molecular weight is 637 g/mol. The van der Waals surface area contributed by atoms with Gasteiger partial charge in [0.05, 0.1) is 10.2 Å². The number of nitrogens with zero attached hydrogens (tertiary/aromatic N) is 2. The highest BCUT2D eigenvalue weighted by Gasteiger charge is 2.18. The lowest BCUT2D eigenvalue weighted by atomic mass is 10.0. The summed E-state index contributed by atoms with van der Waals surface area (Å²) in [5, 5.41) is 3.62. The fourth-order valence-corrected chi connectivity index (χ4v) is 8.68. The third kappa shape index (κ3) is 5.08. The van der Waals surface area contributed by atoms with E-state index in [1.54, 1.807) is 11.3 Å². The van der Waals surface area contributed by atoms with E-state index < -0.39 is 0 Å². The van der Waals surface area contributed by atoms with Crippen molar-refractivity contribution in [3.63, 3.8) is 0 Å². The first kappa shape index (κ1) is 27.7. The summed E-state index contributed by atoms with van der Waals surface area (Å²) >= 11 is 3.64. The summed E-state index contributed by atoms with van der Waals surface area (Å²) in [6, 6.07) is 60.8. The number of hydrogen-bond donors (Lipinski definition) is 0. The monoisotopic (exact) mass is 636 g/mol.